The van der Waals surface area contributed by atoms with Gasteiger partial charge in [0.05, 0.1) is 4.90 Å². The van der Waals surface area contributed by atoms with Crippen LogP contribution in [0.4, 0.5) is 0 Å². The summed E-state index contributed by atoms with van der Waals surface area (Å²) in [5.74, 6) is -0.297. The molecule has 6 heteroatoms. The van der Waals surface area contributed by atoms with Gasteiger partial charge in [0, 0.05) is 0 Å². The molecule has 0 fully saturated rings. The van der Waals surface area contributed by atoms with Crippen molar-refractivity contribution < 1.29 is 22.7 Å². The van der Waals surface area contributed by atoms with Crippen LogP contribution in [0.2, 0.25) is 0 Å². The summed E-state index contributed by atoms with van der Waals surface area (Å²) in [6, 6.07) is 15.1. The summed E-state index contributed by atoms with van der Waals surface area (Å²) < 4.78 is 35.2. The number of benzene rings is 2. The van der Waals surface area contributed by atoms with Crippen molar-refractivity contribution in [2.24, 2.45) is 0 Å². The summed E-state index contributed by atoms with van der Waals surface area (Å²) >= 11 is 0. The summed E-state index contributed by atoms with van der Waals surface area (Å²) in [7, 11) is -3.75. The van der Waals surface area contributed by atoms with E-state index < -0.39 is 27.2 Å². The second-order valence-electron chi connectivity index (χ2n) is 6.23. The first-order chi connectivity index (χ1) is 11.2. The van der Waals surface area contributed by atoms with Gasteiger partial charge in [-0.15, -0.1) is 0 Å². The van der Waals surface area contributed by atoms with Crippen molar-refractivity contribution in [3.63, 3.8) is 0 Å². The Morgan fingerprint density at radius 3 is 2.00 bits per heavy atom. The summed E-state index contributed by atoms with van der Waals surface area (Å²) in [5.41, 5.74) is -0.722. The number of carbonyl (C=O) groups excluding carboxylic acids is 1. The first-order valence-corrected chi connectivity index (χ1v) is 9.08. The summed E-state index contributed by atoms with van der Waals surface area (Å²) in [6.07, 6.45) is 0. The Balaban J connectivity index is 2.07. The first kappa shape index (κ1) is 18.0. The molecule has 0 unspecified atom stereocenters. The fraction of sp³-hybridized carbons (Fsp3) is 0.278. The molecular weight excluding hydrogens is 328 g/mol. The highest BCUT2D eigenvalue weighted by atomic mass is 32.2. The number of rotatable bonds is 5. The molecule has 0 aromatic heterocycles. The highest BCUT2D eigenvalue weighted by Gasteiger charge is 2.24. The molecule has 0 spiro atoms. The minimum absolute atomic E-state index is 0.0498. The maximum atomic E-state index is 12.3. The molecule has 2 aromatic rings. The predicted molar refractivity (Wildman–Crippen MR) is 90.9 cm³/mol. The van der Waals surface area contributed by atoms with E-state index in [0.717, 1.165) is 0 Å². The second kappa shape index (κ2) is 7.05. The van der Waals surface area contributed by atoms with Crippen molar-refractivity contribution >= 4 is 15.8 Å². The van der Waals surface area contributed by atoms with Crippen LogP contribution in [-0.2, 0) is 19.4 Å². The van der Waals surface area contributed by atoms with E-state index in [1.807, 2.05) is 18.2 Å². The van der Waals surface area contributed by atoms with Gasteiger partial charge in [-0.1, -0.05) is 18.2 Å². The molecule has 0 saturated carbocycles. The Labute approximate surface area is 142 Å². The summed E-state index contributed by atoms with van der Waals surface area (Å²) in [4.78, 5) is 11.8. The van der Waals surface area contributed by atoms with Crippen LogP contribution in [0.3, 0.4) is 0 Å². The molecular formula is C18H20O5S. The molecule has 0 heterocycles. The third kappa shape index (κ3) is 5.38. The van der Waals surface area contributed by atoms with E-state index >= 15 is 0 Å². The molecule has 0 atom stereocenters. The fourth-order valence-corrected chi connectivity index (χ4v) is 3.04. The number of carbonyl (C=O) groups is 1. The highest BCUT2D eigenvalue weighted by molar-refractivity contribution is 7.92. The van der Waals surface area contributed by atoms with E-state index in [4.69, 9.17) is 9.47 Å². The van der Waals surface area contributed by atoms with Crippen LogP contribution < -0.4 is 4.74 Å². The molecule has 2 aromatic carbocycles. The lowest BCUT2D eigenvalue weighted by atomic mass is 10.2. The van der Waals surface area contributed by atoms with Gasteiger partial charge >= 0.3 is 5.97 Å². The van der Waals surface area contributed by atoms with Gasteiger partial charge in [-0.25, -0.2) is 8.42 Å². The molecule has 5 nitrogen and oxygen atoms in total. The SMILES string of the molecule is CC(C)(C)OC(=O)CS(=O)(=O)c1ccc(Oc2ccccc2)cc1. The summed E-state index contributed by atoms with van der Waals surface area (Å²) in [5, 5.41) is 0. The van der Waals surface area contributed by atoms with Crippen LogP contribution in [0.5, 0.6) is 11.5 Å². The fourth-order valence-electron chi connectivity index (χ4n) is 1.95. The Morgan fingerprint density at radius 1 is 0.917 bits per heavy atom. The van der Waals surface area contributed by atoms with Crippen LogP contribution in [0, 0.1) is 0 Å². The number of hydrogen-bond acceptors (Lipinski definition) is 5. The number of ether oxygens (including phenoxy) is 2. The van der Waals surface area contributed by atoms with E-state index in [0.29, 0.717) is 11.5 Å². The third-order valence-corrected chi connectivity index (χ3v) is 4.50. The van der Waals surface area contributed by atoms with Gasteiger partial charge < -0.3 is 9.47 Å². The zero-order valence-electron chi connectivity index (χ0n) is 13.9. The zero-order valence-corrected chi connectivity index (χ0v) is 14.7. The quantitative estimate of drug-likeness (QED) is 0.772. The second-order valence-corrected chi connectivity index (χ2v) is 8.22. The minimum atomic E-state index is -3.75. The van der Waals surface area contributed by atoms with Gasteiger partial charge in [-0.05, 0) is 57.2 Å². The topological polar surface area (TPSA) is 69.7 Å². The van der Waals surface area contributed by atoms with Crippen molar-refractivity contribution in [3.8, 4) is 11.5 Å². The largest absolute Gasteiger partial charge is 0.459 e. The van der Waals surface area contributed by atoms with Gasteiger partial charge in [0.2, 0.25) is 0 Å². The molecule has 0 bridgehead atoms. The summed E-state index contributed by atoms with van der Waals surface area (Å²) in [6.45, 7) is 5.06. The Morgan fingerprint density at radius 2 is 1.46 bits per heavy atom. The van der Waals surface area contributed by atoms with Crippen LogP contribution >= 0.6 is 0 Å². The van der Waals surface area contributed by atoms with E-state index in [9.17, 15) is 13.2 Å². The molecule has 0 N–H and O–H groups in total. The Bertz CT molecular complexity index is 788. The molecule has 2 rings (SSSR count). The van der Waals surface area contributed by atoms with Gasteiger partial charge in [0.15, 0.2) is 15.6 Å². The van der Waals surface area contributed by atoms with Crippen molar-refractivity contribution in [1.82, 2.24) is 0 Å². The first-order valence-electron chi connectivity index (χ1n) is 7.43. The van der Waals surface area contributed by atoms with E-state index in [2.05, 4.69) is 0 Å². The van der Waals surface area contributed by atoms with Crippen LogP contribution in [0.15, 0.2) is 59.5 Å². The normalized spacial score (nSPS) is 11.8. The van der Waals surface area contributed by atoms with Crippen molar-refractivity contribution in [2.75, 3.05) is 5.75 Å². The average molecular weight is 348 g/mol. The molecule has 0 aliphatic carbocycles. The lowest BCUT2D eigenvalue weighted by Crippen LogP contribution is -2.28. The number of para-hydroxylation sites is 1. The lowest BCUT2D eigenvalue weighted by Gasteiger charge is -2.19. The molecule has 0 aliphatic heterocycles. The van der Waals surface area contributed by atoms with Crippen molar-refractivity contribution in [1.29, 1.82) is 0 Å². The van der Waals surface area contributed by atoms with Crippen molar-refractivity contribution in [3.05, 3.63) is 54.6 Å². The molecule has 24 heavy (non-hydrogen) atoms. The molecule has 128 valence electrons. The standard InChI is InChI=1S/C18H20O5S/c1-18(2,3)23-17(19)13-24(20,21)16-11-9-15(10-12-16)22-14-7-5-4-6-8-14/h4-12H,13H2,1-3H3. The maximum absolute atomic E-state index is 12.3. The number of sulfone groups is 1. The highest BCUT2D eigenvalue weighted by Crippen LogP contribution is 2.23. The smallest absolute Gasteiger partial charge is 0.322 e. The maximum Gasteiger partial charge on any atom is 0.322 e. The predicted octanol–water partition coefficient (Wildman–Crippen LogP) is 3.59. The zero-order chi connectivity index (χ0) is 17.8. The number of hydrogen-bond donors (Lipinski definition) is 0. The van der Waals surface area contributed by atoms with Gasteiger partial charge in [-0.2, -0.15) is 0 Å². The van der Waals surface area contributed by atoms with E-state index in [-0.39, 0.29) is 4.90 Å². The molecule has 0 aliphatic rings. The number of esters is 1. The van der Waals surface area contributed by atoms with Crippen LogP contribution in [0.25, 0.3) is 0 Å². The minimum Gasteiger partial charge on any atom is -0.459 e. The Kier molecular flexibility index (Phi) is 5.29. The van der Waals surface area contributed by atoms with Crippen LogP contribution in [0.1, 0.15) is 20.8 Å². The van der Waals surface area contributed by atoms with Crippen LogP contribution in [-0.4, -0.2) is 25.7 Å². The molecule has 0 saturated heterocycles. The lowest BCUT2D eigenvalue weighted by molar-refractivity contribution is -0.151. The van der Waals surface area contributed by atoms with Gasteiger partial charge in [0.25, 0.3) is 0 Å². The molecule has 0 amide bonds. The molecule has 0 radical (unpaired) electrons. The monoisotopic (exact) mass is 348 g/mol. The van der Waals surface area contributed by atoms with E-state index in [1.54, 1.807) is 45.0 Å². The van der Waals surface area contributed by atoms with Gasteiger partial charge in [-0.3, -0.25) is 4.79 Å². The third-order valence-electron chi connectivity index (χ3n) is 2.89. The van der Waals surface area contributed by atoms with Crippen molar-refractivity contribution in [2.45, 2.75) is 31.3 Å². The van der Waals surface area contributed by atoms with E-state index in [1.165, 1.54) is 12.1 Å². The van der Waals surface area contributed by atoms with Gasteiger partial charge in [0.1, 0.15) is 17.1 Å². The average Bonchev–Trinajstić information content (AvgIpc) is 2.46. The Hall–Kier alpha value is -2.34.